The second-order valence-electron chi connectivity index (χ2n) is 8.19. The van der Waals surface area contributed by atoms with Crippen molar-refractivity contribution in [1.29, 1.82) is 0 Å². The summed E-state index contributed by atoms with van der Waals surface area (Å²) in [5.41, 5.74) is 1.43. The lowest BCUT2D eigenvalue weighted by molar-refractivity contribution is -0.120. The summed E-state index contributed by atoms with van der Waals surface area (Å²) in [5.74, 6) is -0.369. The van der Waals surface area contributed by atoms with Crippen LogP contribution in [0.3, 0.4) is 0 Å². The van der Waals surface area contributed by atoms with Gasteiger partial charge >= 0.3 is 0 Å². The SMILES string of the molecule is O=C(Nc1ccc(Oc2ccccc2)cc1)c1cccc(NC2=C(Cl)C(=O)N(c3ccccc3Cl)C2=O)c1. The number of rotatable bonds is 7. The maximum Gasteiger partial charge on any atom is 0.283 e. The quantitative estimate of drug-likeness (QED) is 0.249. The largest absolute Gasteiger partial charge is 0.457 e. The molecule has 4 aromatic rings. The molecule has 7 nitrogen and oxygen atoms in total. The topological polar surface area (TPSA) is 87.7 Å². The highest BCUT2D eigenvalue weighted by molar-refractivity contribution is 6.53. The fourth-order valence-corrected chi connectivity index (χ4v) is 4.21. The zero-order valence-corrected chi connectivity index (χ0v) is 21.2. The van der Waals surface area contributed by atoms with E-state index in [2.05, 4.69) is 10.6 Å². The predicted octanol–water partition coefficient (Wildman–Crippen LogP) is 6.82. The number of anilines is 3. The Bertz CT molecular complexity index is 1570. The van der Waals surface area contributed by atoms with Crippen LogP contribution in [-0.4, -0.2) is 17.7 Å². The number of carbonyl (C=O) groups excluding carboxylic acids is 3. The molecule has 1 aliphatic heterocycles. The lowest BCUT2D eigenvalue weighted by Crippen LogP contribution is -2.32. The van der Waals surface area contributed by atoms with Gasteiger partial charge in [-0.05, 0) is 66.7 Å². The minimum atomic E-state index is -0.694. The number of hydrogen-bond donors (Lipinski definition) is 2. The first-order valence-electron chi connectivity index (χ1n) is 11.5. The van der Waals surface area contributed by atoms with Crippen molar-refractivity contribution in [2.45, 2.75) is 0 Å². The Morgan fingerprint density at radius 2 is 1.39 bits per heavy atom. The maximum absolute atomic E-state index is 13.0. The molecule has 0 spiro atoms. The molecule has 3 amide bonds. The second kappa shape index (κ2) is 10.8. The third-order valence-electron chi connectivity index (χ3n) is 5.61. The van der Waals surface area contributed by atoms with E-state index in [4.69, 9.17) is 27.9 Å². The number of imide groups is 1. The normalized spacial score (nSPS) is 13.1. The first-order chi connectivity index (χ1) is 18.4. The Kier molecular flexibility index (Phi) is 7.13. The lowest BCUT2D eigenvalue weighted by atomic mass is 10.1. The predicted molar refractivity (Wildman–Crippen MR) is 148 cm³/mol. The minimum absolute atomic E-state index is 0.108. The average molecular weight is 544 g/mol. The molecule has 2 N–H and O–H groups in total. The van der Waals surface area contributed by atoms with Gasteiger partial charge in [0.2, 0.25) is 0 Å². The second-order valence-corrected chi connectivity index (χ2v) is 8.97. The number of nitrogens with one attached hydrogen (secondary N) is 2. The van der Waals surface area contributed by atoms with Gasteiger partial charge in [0, 0.05) is 16.9 Å². The molecule has 9 heteroatoms. The van der Waals surface area contributed by atoms with Gasteiger partial charge in [0.1, 0.15) is 22.2 Å². The van der Waals surface area contributed by atoms with Crippen LogP contribution >= 0.6 is 23.2 Å². The molecular formula is C29H19Cl2N3O4. The molecule has 0 unspecified atom stereocenters. The van der Waals surface area contributed by atoms with E-state index < -0.39 is 11.8 Å². The zero-order chi connectivity index (χ0) is 26.6. The van der Waals surface area contributed by atoms with Crippen LogP contribution < -0.4 is 20.3 Å². The Hall–Kier alpha value is -4.59. The van der Waals surface area contributed by atoms with Crippen molar-refractivity contribution in [2.24, 2.45) is 0 Å². The standard InChI is InChI=1S/C29H19Cl2N3O4/c30-23-11-4-5-12-24(23)34-28(36)25(31)26(29(34)37)32-20-8-6-7-18(17-20)27(35)33-19-13-15-22(16-14-19)38-21-9-2-1-3-10-21/h1-17,32H,(H,33,35). The van der Waals surface area contributed by atoms with E-state index in [1.165, 1.54) is 0 Å². The van der Waals surface area contributed by atoms with Gasteiger partial charge in [-0.15, -0.1) is 0 Å². The highest BCUT2D eigenvalue weighted by atomic mass is 35.5. The van der Waals surface area contributed by atoms with Gasteiger partial charge in [-0.2, -0.15) is 0 Å². The Balaban J connectivity index is 1.27. The Morgan fingerprint density at radius 1 is 0.711 bits per heavy atom. The fraction of sp³-hybridized carbons (Fsp3) is 0. The molecule has 5 rings (SSSR count). The van der Waals surface area contributed by atoms with Crippen LogP contribution in [0.1, 0.15) is 10.4 Å². The molecule has 38 heavy (non-hydrogen) atoms. The van der Waals surface area contributed by atoms with Crippen LogP contribution in [0.5, 0.6) is 11.5 Å². The summed E-state index contributed by atoms with van der Waals surface area (Å²) < 4.78 is 5.77. The van der Waals surface area contributed by atoms with Crippen LogP contribution in [0.15, 0.2) is 114 Å². The van der Waals surface area contributed by atoms with E-state index in [9.17, 15) is 14.4 Å². The van der Waals surface area contributed by atoms with Crippen molar-refractivity contribution in [3.8, 4) is 11.5 Å². The van der Waals surface area contributed by atoms with E-state index >= 15 is 0 Å². The van der Waals surface area contributed by atoms with E-state index in [1.54, 1.807) is 72.8 Å². The third-order valence-corrected chi connectivity index (χ3v) is 6.28. The van der Waals surface area contributed by atoms with Crippen LogP contribution in [0.2, 0.25) is 5.02 Å². The number of nitrogens with zero attached hydrogens (tertiary/aromatic N) is 1. The summed E-state index contributed by atoms with van der Waals surface area (Å²) in [6.07, 6.45) is 0. The third kappa shape index (κ3) is 5.25. The average Bonchev–Trinajstić information content (AvgIpc) is 3.14. The summed E-state index contributed by atoms with van der Waals surface area (Å²) in [5, 5.41) is 5.66. The molecule has 1 heterocycles. The smallest absolute Gasteiger partial charge is 0.283 e. The molecule has 0 saturated carbocycles. The molecule has 0 bridgehead atoms. The summed E-state index contributed by atoms with van der Waals surface area (Å²) >= 11 is 12.4. The van der Waals surface area contributed by atoms with Gasteiger partial charge in [0.05, 0.1) is 10.7 Å². The van der Waals surface area contributed by atoms with Crippen LogP contribution in [-0.2, 0) is 9.59 Å². The first-order valence-corrected chi connectivity index (χ1v) is 12.2. The van der Waals surface area contributed by atoms with Crippen molar-refractivity contribution in [3.05, 3.63) is 124 Å². The molecule has 0 aromatic heterocycles. The Morgan fingerprint density at radius 3 is 2.13 bits per heavy atom. The molecular weight excluding hydrogens is 525 g/mol. The van der Waals surface area contributed by atoms with Crippen LogP contribution in [0.4, 0.5) is 17.1 Å². The van der Waals surface area contributed by atoms with Gasteiger partial charge in [0.15, 0.2) is 0 Å². The van der Waals surface area contributed by atoms with E-state index in [0.717, 1.165) is 4.90 Å². The molecule has 0 radical (unpaired) electrons. The molecule has 1 aliphatic rings. The van der Waals surface area contributed by atoms with Crippen LogP contribution in [0.25, 0.3) is 0 Å². The van der Waals surface area contributed by atoms with Crippen molar-refractivity contribution >= 4 is 58.0 Å². The number of ether oxygens (including phenoxy) is 1. The number of hydrogen-bond acceptors (Lipinski definition) is 5. The summed E-state index contributed by atoms with van der Waals surface area (Å²) in [6, 6.07) is 29.3. The summed E-state index contributed by atoms with van der Waals surface area (Å²) in [4.78, 5) is 39.5. The monoisotopic (exact) mass is 543 g/mol. The molecule has 0 saturated heterocycles. The molecule has 0 atom stereocenters. The van der Waals surface area contributed by atoms with Crippen molar-refractivity contribution in [1.82, 2.24) is 0 Å². The Labute approximate surface area is 228 Å². The fourth-order valence-electron chi connectivity index (χ4n) is 3.78. The summed E-state index contributed by atoms with van der Waals surface area (Å²) in [7, 11) is 0. The highest BCUT2D eigenvalue weighted by Gasteiger charge is 2.39. The van der Waals surface area contributed by atoms with Crippen LogP contribution in [0, 0.1) is 0 Å². The van der Waals surface area contributed by atoms with E-state index in [0.29, 0.717) is 28.4 Å². The van der Waals surface area contributed by atoms with Gasteiger partial charge < -0.3 is 15.4 Å². The van der Waals surface area contributed by atoms with Crippen molar-refractivity contribution in [2.75, 3.05) is 15.5 Å². The van der Waals surface area contributed by atoms with Crippen molar-refractivity contribution < 1.29 is 19.1 Å². The van der Waals surface area contributed by atoms with Gasteiger partial charge in [-0.3, -0.25) is 14.4 Å². The molecule has 0 aliphatic carbocycles. The van der Waals surface area contributed by atoms with Crippen molar-refractivity contribution in [3.63, 3.8) is 0 Å². The maximum atomic E-state index is 13.0. The van der Waals surface area contributed by atoms with Gasteiger partial charge in [-0.1, -0.05) is 59.6 Å². The highest BCUT2D eigenvalue weighted by Crippen LogP contribution is 2.34. The lowest BCUT2D eigenvalue weighted by Gasteiger charge is -2.16. The molecule has 188 valence electrons. The minimum Gasteiger partial charge on any atom is -0.457 e. The summed E-state index contributed by atoms with van der Waals surface area (Å²) in [6.45, 7) is 0. The number of halogens is 2. The van der Waals surface area contributed by atoms with Gasteiger partial charge in [0.25, 0.3) is 17.7 Å². The van der Waals surface area contributed by atoms with Gasteiger partial charge in [-0.25, -0.2) is 4.90 Å². The number of amides is 3. The molecule has 0 fully saturated rings. The van der Waals surface area contributed by atoms with E-state index in [-0.39, 0.29) is 27.3 Å². The molecule has 4 aromatic carbocycles. The number of para-hydroxylation sites is 2. The van der Waals surface area contributed by atoms with E-state index in [1.807, 2.05) is 30.3 Å². The number of carbonyl (C=O) groups is 3. The number of benzene rings is 4. The first kappa shape index (κ1) is 25.1. The zero-order valence-electron chi connectivity index (χ0n) is 19.7.